The van der Waals surface area contributed by atoms with Gasteiger partial charge in [-0.2, -0.15) is 13.2 Å². The standard InChI is InChI=1S/C12H10BrF5/c1-3-7(2)10-8(6-14)9(15)4-5-11(10,13)12(16,17)18/h1,4-5,7,10H,6H2,2H3. The average Bonchev–Trinajstić information content (AvgIpc) is 2.29. The zero-order valence-electron chi connectivity index (χ0n) is 9.36. The van der Waals surface area contributed by atoms with E-state index in [0.717, 1.165) is 0 Å². The fourth-order valence-corrected chi connectivity index (χ4v) is 2.79. The molecular formula is C12H10BrF5. The second kappa shape index (κ2) is 5.04. The summed E-state index contributed by atoms with van der Waals surface area (Å²) in [6, 6.07) is 0. The minimum atomic E-state index is -4.71. The Morgan fingerprint density at radius 3 is 2.50 bits per heavy atom. The van der Waals surface area contributed by atoms with Gasteiger partial charge in [-0.25, -0.2) is 8.78 Å². The minimum Gasteiger partial charge on any atom is -0.246 e. The molecule has 6 heteroatoms. The molecule has 18 heavy (non-hydrogen) atoms. The van der Waals surface area contributed by atoms with Gasteiger partial charge in [0.2, 0.25) is 0 Å². The fraction of sp³-hybridized carbons (Fsp3) is 0.500. The van der Waals surface area contributed by atoms with Crippen LogP contribution < -0.4 is 0 Å². The minimum absolute atomic E-state index is 0.558. The van der Waals surface area contributed by atoms with E-state index in [1.807, 2.05) is 0 Å². The highest BCUT2D eigenvalue weighted by atomic mass is 79.9. The Hall–Kier alpha value is -0.830. The van der Waals surface area contributed by atoms with E-state index in [9.17, 15) is 22.0 Å². The van der Waals surface area contributed by atoms with E-state index in [2.05, 4.69) is 21.9 Å². The molecule has 0 N–H and O–H groups in total. The molecule has 0 saturated carbocycles. The van der Waals surface area contributed by atoms with E-state index in [1.165, 1.54) is 6.92 Å². The Morgan fingerprint density at radius 1 is 1.56 bits per heavy atom. The SMILES string of the molecule is C#CC(C)C1C(CF)=C(F)C=CC1(Br)C(F)(F)F. The Balaban J connectivity index is 3.40. The molecule has 0 saturated heterocycles. The lowest BCUT2D eigenvalue weighted by atomic mass is 9.74. The zero-order chi connectivity index (χ0) is 14.1. The number of hydrogen-bond acceptors (Lipinski definition) is 0. The normalized spacial score (nSPS) is 30.2. The first-order valence-electron chi connectivity index (χ1n) is 5.04. The van der Waals surface area contributed by atoms with Crippen LogP contribution in [0.1, 0.15) is 6.92 Å². The molecule has 3 atom stereocenters. The summed E-state index contributed by atoms with van der Waals surface area (Å²) in [6.45, 7) is 0.0187. The van der Waals surface area contributed by atoms with Crippen LogP contribution in [-0.4, -0.2) is 17.2 Å². The molecule has 1 rings (SSSR count). The summed E-state index contributed by atoms with van der Waals surface area (Å²) in [5.41, 5.74) is -0.558. The van der Waals surface area contributed by atoms with Gasteiger partial charge in [-0.1, -0.05) is 28.9 Å². The van der Waals surface area contributed by atoms with Crippen molar-refractivity contribution < 1.29 is 22.0 Å². The molecule has 0 heterocycles. The molecule has 0 fully saturated rings. The summed E-state index contributed by atoms with van der Waals surface area (Å²) in [4.78, 5) is 0. The molecule has 0 nitrogen and oxygen atoms in total. The van der Waals surface area contributed by atoms with E-state index in [0.29, 0.717) is 12.2 Å². The van der Waals surface area contributed by atoms with E-state index in [4.69, 9.17) is 6.42 Å². The first-order valence-corrected chi connectivity index (χ1v) is 5.83. The molecule has 0 bridgehead atoms. The summed E-state index contributed by atoms with van der Waals surface area (Å²) in [7, 11) is 0. The maximum absolute atomic E-state index is 13.4. The maximum atomic E-state index is 13.4. The molecule has 1 aliphatic rings. The van der Waals surface area contributed by atoms with Crippen LogP contribution in [0.15, 0.2) is 23.6 Å². The summed E-state index contributed by atoms with van der Waals surface area (Å²) in [5.74, 6) is -1.35. The van der Waals surface area contributed by atoms with Gasteiger partial charge < -0.3 is 0 Å². The Morgan fingerprint density at radius 2 is 2.11 bits per heavy atom. The third kappa shape index (κ3) is 2.33. The topological polar surface area (TPSA) is 0 Å². The van der Waals surface area contributed by atoms with E-state index >= 15 is 0 Å². The van der Waals surface area contributed by atoms with Crippen molar-refractivity contribution >= 4 is 15.9 Å². The highest BCUT2D eigenvalue weighted by Crippen LogP contribution is 2.52. The van der Waals surface area contributed by atoms with E-state index < -0.39 is 40.4 Å². The molecule has 0 aliphatic heterocycles. The number of halogens is 6. The fourth-order valence-electron chi connectivity index (χ4n) is 1.99. The van der Waals surface area contributed by atoms with Crippen LogP contribution in [0.25, 0.3) is 0 Å². The maximum Gasteiger partial charge on any atom is 0.407 e. The van der Waals surface area contributed by atoms with Gasteiger partial charge >= 0.3 is 6.18 Å². The van der Waals surface area contributed by atoms with Crippen LogP contribution in [0.2, 0.25) is 0 Å². The van der Waals surface area contributed by atoms with Gasteiger partial charge in [-0.05, 0) is 6.08 Å². The lowest BCUT2D eigenvalue weighted by Crippen LogP contribution is -2.49. The predicted octanol–water partition coefficient (Wildman–Crippen LogP) is 4.33. The summed E-state index contributed by atoms with van der Waals surface area (Å²) < 4.78 is 62.9. The van der Waals surface area contributed by atoms with Crippen molar-refractivity contribution in [2.24, 2.45) is 11.8 Å². The second-order valence-electron chi connectivity index (χ2n) is 4.04. The molecule has 100 valence electrons. The van der Waals surface area contributed by atoms with Gasteiger partial charge in [-0.15, -0.1) is 12.3 Å². The Labute approximate surface area is 110 Å². The molecular weight excluding hydrogens is 319 g/mol. The number of terminal acetylenes is 1. The highest BCUT2D eigenvalue weighted by Gasteiger charge is 2.59. The largest absolute Gasteiger partial charge is 0.407 e. The van der Waals surface area contributed by atoms with Crippen LogP contribution >= 0.6 is 15.9 Å². The number of alkyl halides is 5. The number of hydrogen-bond donors (Lipinski definition) is 0. The summed E-state index contributed by atoms with van der Waals surface area (Å²) in [5, 5.41) is 0. The molecule has 0 amide bonds. The molecule has 0 aromatic rings. The van der Waals surface area contributed by atoms with Gasteiger partial charge in [0, 0.05) is 17.4 Å². The second-order valence-corrected chi connectivity index (χ2v) is 5.35. The first kappa shape index (κ1) is 15.2. The highest BCUT2D eigenvalue weighted by molar-refractivity contribution is 9.10. The van der Waals surface area contributed by atoms with Crippen molar-refractivity contribution in [3.63, 3.8) is 0 Å². The third-order valence-electron chi connectivity index (χ3n) is 2.95. The van der Waals surface area contributed by atoms with Crippen LogP contribution in [-0.2, 0) is 0 Å². The Kier molecular flexibility index (Phi) is 4.26. The monoisotopic (exact) mass is 328 g/mol. The van der Waals surface area contributed by atoms with Gasteiger partial charge in [0.05, 0.1) is 0 Å². The van der Waals surface area contributed by atoms with Crippen LogP contribution in [0, 0.1) is 24.2 Å². The van der Waals surface area contributed by atoms with Gasteiger partial charge in [0.15, 0.2) is 0 Å². The number of rotatable bonds is 2. The smallest absolute Gasteiger partial charge is 0.246 e. The Bertz CT molecular complexity index is 429. The lowest BCUT2D eigenvalue weighted by Gasteiger charge is -2.39. The molecule has 0 radical (unpaired) electrons. The zero-order valence-corrected chi connectivity index (χ0v) is 10.9. The van der Waals surface area contributed by atoms with Crippen molar-refractivity contribution in [2.75, 3.05) is 6.67 Å². The predicted molar refractivity (Wildman–Crippen MR) is 62.4 cm³/mol. The van der Waals surface area contributed by atoms with Crippen molar-refractivity contribution in [2.45, 2.75) is 17.4 Å². The molecule has 3 unspecified atom stereocenters. The van der Waals surface area contributed by atoms with Crippen molar-refractivity contribution in [3.05, 3.63) is 23.6 Å². The average molecular weight is 329 g/mol. The molecule has 0 spiro atoms. The first-order chi connectivity index (χ1) is 8.19. The van der Waals surface area contributed by atoms with E-state index in [1.54, 1.807) is 0 Å². The van der Waals surface area contributed by atoms with E-state index in [-0.39, 0.29) is 0 Å². The van der Waals surface area contributed by atoms with Crippen LogP contribution in [0.5, 0.6) is 0 Å². The summed E-state index contributed by atoms with van der Waals surface area (Å²) in [6.07, 6.45) is 1.65. The third-order valence-corrected chi connectivity index (χ3v) is 4.16. The molecule has 0 aromatic heterocycles. The molecule has 0 aromatic carbocycles. The van der Waals surface area contributed by atoms with Gasteiger partial charge in [0.1, 0.15) is 16.8 Å². The number of allylic oxidation sites excluding steroid dienone is 4. The quantitative estimate of drug-likeness (QED) is 0.402. The van der Waals surface area contributed by atoms with Crippen molar-refractivity contribution in [1.29, 1.82) is 0 Å². The lowest BCUT2D eigenvalue weighted by molar-refractivity contribution is -0.157. The van der Waals surface area contributed by atoms with Crippen molar-refractivity contribution in [1.82, 2.24) is 0 Å². The summed E-state index contributed by atoms with van der Waals surface area (Å²) >= 11 is 2.56. The van der Waals surface area contributed by atoms with Gasteiger partial charge in [-0.3, -0.25) is 0 Å². The van der Waals surface area contributed by atoms with Crippen LogP contribution in [0.3, 0.4) is 0 Å². The van der Waals surface area contributed by atoms with Crippen LogP contribution in [0.4, 0.5) is 22.0 Å². The molecule has 1 aliphatic carbocycles. The van der Waals surface area contributed by atoms with Crippen molar-refractivity contribution in [3.8, 4) is 12.3 Å². The van der Waals surface area contributed by atoms with Gasteiger partial charge in [0.25, 0.3) is 0 Å².